The highest BCUT2D eigenvalue weighted by Gasteiger charge is 2.10. The van der Waals surface area contributed by atoms with Crippen molar-refractivity contribution in [3.63, 3.8) is 0 Å². The highest BCUT2D eigenvalue weighted by molar-refractivity contribution is 4.68. The van der Waals surface area contributed by atoms with Gasteiger partial charge in [0.15, 0.2) is 0 Å². The molecule has 0 aromatic heterocycles. The molecule has 1 rings (SSSR count). The average Bonchev–Trinajstić information content (AvgIpc) is 1.91. The summed E-state index contributed by atoms with van der Waals surface area (Å²) in [6.45, 7) is 3.25. The van der Waals surface area contributed by atoms with Gasteiger partial charge < -0.3 is 11.1 Å². The van der Waals surface area contributed by atoms with Crippen LogP contribution in [-0.4, -0.2) is 19.6 Å². The zero-order chi connectivity index (χ0) is 6.53. The second-order valence-electron chi connectivity index (χ2n) is 2.79. The van der Waals surface area contributed by atoms with Gasteiger partial charge in [0.2, 0.25) is 0 Å². The second kappa shape index (κ2) is 3.85. The van der Waals surface area contributed by atoms with Crippen LogP contribution in [0.5, 0.6) is 0 Å². The number of hydrogen-bond donors (Lipinski definition) is 2. The lowest BCUT2D eigenvalue weighted by Gasteiger charge is -2.21. The highest BCUT2D eigenvalue weighted by atomic mass is 14.9. The standard InChI is InChI=1S/C7H16N2/c8-4-3-7-2-1-5-9-6-7/h7,9H,1-6,8H2/t7-/m1/s1. The Morgan fingerprint density at radius 1 is 1.56 bits per heavy atom. The third-order valence-electron chi connectivity index (χ3n) is 1.97. The quantitative estimate of drug-likeness (QED) is 0.562. The van der Waals surface area contributed by atoms with E-state index in [-0.39, 0.29) is 0 Å². The van der Waals surface area contributed by atoms with E-state index in [9.17, 15) is 0 Å². The SMILES string of the molecule is NCC[C@H]1CCCNC1. The van der Waals surface area contributed by atoms with E-state index in [1.165, 1.54) is 32.4 Å². The molecular weight excluding hydrogens is 112 g/mol. The molecule has 54 valence electrons. The van der Waals surface area contributed by atoms with Crippen LogP contribution in [0, 0.1) is 5.92 Å². The number of nitrogens with one attached hydrogen (secondary N) is 1. The molecule has 0 saturated carbocycles. The van der Waals surface area contributed by atoms with Gasteiger partial charge >= 0.3 is 0 Å². The average molecular weight is 128 g/mol. The number of rotatable bonds is 2. The molecule has 2 nitrogen and oxygen atoms in total. The zero-order valence-corrected chi connectivity index (χ0v) is 5.90. The molecule has 0 amide bonds. The van der Waals surface area contributed by atoms with E-state index in [1.807, 2.05) is 0 Å². The Bertz CT molecular complexity index is 64.6. The van der Waals surface area contributed by atoms with Gasteiger partial charge in [-0.1, -0.05) is 0 Å². The summed E-state index contributed by atoms with van der Waals surface area (Å²) in [5, 5.41) is 3.36. The molecule has 0 spiro atoms. The Kier molecular flexibility index (Phi) is 3.01. The van der Waals surface area contributed by atoms with E-state index >= 15 is 0 Å². The van der Waals surface area contributed by atoms with E-state index in [4.69, 9.17) is 5.73 Å². The van der Waals surface area contributed by atoms with Crippen LogP contribution in [0.2, 0.25) is 0 Å². The van der Waals surface area contributed by atoms with Crippen molar-refractivity contribution in [2.45, 2.75) is 19.3 Å². The van der Waals surface area contributed by atoms with Gasteiger partial charge in [0.25, 0.3) is 0 Å². The van der Waals surface area contributed by atoms with E-state index < -0.39 is 0 Å². The molecule has 9 heavy (non-hydrogen) atoms. The van der Waals surface area contributed by atoms with Crippen LogP contribution in [0.15, 0.2) is 0 Å². The van der Waals surface area contributed by atoms with Crippen molar-refractivity contribution in [2.24, 2.45) is 11.7 Å². The fraction of sp³-hybridized carbons (Fsp3) is 1.00. The largest absolute Gasteiger partial charge is 0.330 e. The summed E-state index contributed by atoms with van der Waals surface area (Å²) in [6, 6.07) is 0. The predicted molar refractivity (Wildman–Crippen MR) is 39.3 cm³/mol. The molecule has 1 aliphatic rings. The molecular formula is C7H16N2. The molecule has 0 bridgehead atoms. The Morgan fingerprint density at radius 3 is 3.00 bits per heavy atom. The summed E-state index contributed by atoms with van der Waals surface area (Å²) < 4.78 is 0. The summed E-state index contributed by atoms with van der Waals surface area (Å²) in [7, 11) is 0. The van der Waals surface area contributed by atoms with Crippen molar-refractivity contribution in [3.8, 4) is 0 Å². The van der Waals surface area contributed by atoms with Crippen molar-refractivity contribution in [2.75, 3.05) is 19.6 Å². The molecule has 0 aliphatic carbocycles. The first-order valence-electron chi connectivity index (χ1n) is 3.84. The van der Waals surface area contributed by atoms with Crippen LogP contribution < -0.4 is 11.1 Å². The highest BCUT2D eigenvalue weighted by Crippen LogP contribution is 2.11. The van der Waals surface area contributed by atoms with Crippen LogP contribution in [0.1, 0.15) is 19.3 Å². The van der Waals surface area contributed by atoms with Gasteiger partial charge in [-0.15, -0.1) is 0 Å². The Balaban J connectivity index is 2.08. The van der Waals surface area contributed by atoms with Gasteiger partial charge in [0.05, 0.1) is 0 Å². The van der Waals surface area contributed by atoms with E-state index in [1.54, 1.807) is 0 Å². The Labute approximate surface area is 56.8 Å². The fourth-order valence-electron chi connectivity index (χ4n) is 1.41. The summed E-state index contributed by atoms with van der Waals surface area (Å²) in [6.07, 6.45) is 3.92. The summed E-state index contributed by atoms with van der Waals surface area (Å²) in [5.41, 5.74) is 5.43. The molecule has 0 aromatic carbocycles. The van der Waals surface area contributed by atoms with Gasteiger partial charge in [0, 0.05) is 0 Å². The van der Waals surface area contributed by atoms with Crippen LogP contribution in [0.25, 0.3) is 0 Å². The first-order chi connectivity index (χ1) is 4.43. The molecule has 0 radical (unpaired) electrons. The third-order valence-corrected chi connectivity index (χ3v) is 1.97. The molecule has 0 aromatic rings. The Morgan fingerprint density at radius 2 is 2.44 bits per heavy atom. The van der Waals surface area contributed by atoms with E-state index in [2.05, 4.69) is 5.32 Å². The third kappa shape index (κ3) is 2.33. The van der Waals surface area contributed by atoms with E-state index in [0.29, 0.717) is 0 Å². The molecule has 1 aliphatic heterocycles. The maximum absolute atomic E-state index is 5.43. The van der Waals surface area contributed by atoms with Crippen molar-refractivity contribution in [3.05, 3.63) is 0 Å². The van der Waals surface area contributed by atoms with Crippen LogP contribution in [-0.2, 0) is 0 Å². The predicted octanol–water partition coefficient (Wildman–Crippen LogP) is 0.335. The van der Waals surface area contributed by atoms with Gasteiger partial charge in [-0.25, -0.2) is 0 Å². The number of nitrogens with two attached hydrogens (primary N) is 1. The van der Waals surface area contributed by atoms with Gasteiger partial charge in [-0.3, -0.25) is 0 Å². The van der Waals surface area contributed by atoms with E-state index in [0.717, 1.165) is 12.5 Å². The second-order valence-corrected chi connectivity index (χ2v) is 2.79. The zero-order valence-electron chi connectivity index (χ0n) is 5.90. The number of piperidine rings is 1. The maximum atomic E-state index is 5.43. The molecule has 3 N–H and O–H groups in total. The van der Waals surface area contributed by atoms with Crippen LogP contribution >= 0.6 is 0 Å². The summed E-state index contributed by atoms with van der Waals surface area (Å²) in [4.78, 5) is 0. The molecule has 1 heterocycles. The normalized spacial score (nSPS) is 28.3. The fourth-order valence-corrected chi connectivity index (χ4v) is 1.41. The van der Waals surface area contributed by atoms with Gasteiger partial charge in [-0.05, 0) is 44.8 Å². The molecule has 0 unspecified atom stereocenters. The minimum absolute atomic E-state index is 0.854. The van der Waals surface area contributed by atoms with Crippen molar-refractivity contribution < 1.29 is 0 Å². The minimum Gasteiger partial charge on any atom is -0.330 e. The van der Waals surface area contributed by atoms with Crippen LogP contribution in [0.3, 0.4) is 0 Å². The maximum Gasteiger partial charge on any atom is -0.00200 e. The lowest BCUT2D eigenvalue weighted by Crippen LogP contribution is -2.30. The molecule has 1 atom stereocenters. The van der Waals surface area contributed by atoms with Crippen molar-refractivity contribution >= 4 is 0 Å². The van der Waals surface area contributed by atoms with Crippen molar-refractivity contribution in [1.29, 1.82) is 0 Å². The van der Waals surface area contributed by atoms with Gasteiger partial charge in [0.1, 0.15) is 0 Å². The van der Waals surface area contributed by atoms with Crippen LogP contribution in [0.4, 0.5) is 0 Å². The monoisotopic (exact) mass is 128 g/mol. The first kappa shape index (κ1) is 7.03. The van der Waals surface area contributed by atoms with Gasteiger partial charge in [-0.2, -0.15) is 0 Å². The smallest absolute Gasteiger partial charge is 0.00200 e. The Hall–Kier alpha value is -0.0800. The lowest BCUT2D eigenvalue weighted by molar-refractivity contribution is 0.362. The molecule has 1 fully saturated rings. The summed E-state index contributed by atoms with van der Waals surface area (Å²) >= 11 is 0. The molecule has 2 heteroatoms. The van der Waals surface area contributed by atoms with Crippen molar-refractivity contribution in [1.82, 2.24) is 5.32 Å². The topological polar surface area (TPSA) is 38.0 Å². The summed E-state index contributed by atoms with van der Waals surface area (Å²) in [5.74, 6) is 0.865. The molecule has 1 saturated heterocycles. The first-order valence-corrected chi connectivity index (χ1v) is 3.84. The number of hydrogen-bond acceptors (Lipinski definition) is 2. The lowest BCUT2D eigenvalue weighted by atomic mass is 9.96. The minimum atomic E-state index is 0.854.